The second-order valence-electron chi connectivity index (χ2n) is 6.93. The lowest BCUT2D eigenvalue weighted by atomic mass is 10.2. The molecule has 160 valence electrons. The Morgan fingerprint density at radius 3 is 2.56 bits per heavy atom. The molecule has 0 aliphatic carbocycles. The number of nitrogens with zero attached hydrogens (tertiary/aromatic N) is 3. The van der Waals surface area contributed by atoms with E-state index in [1.807, 2.05) is 19.1 Å². The molecule has 0 atom stereocenters. The van der Waals surface area contributed by atoms with Gasteiger partial charge in [0.2, 0.25) is 0 Å². The maximum atomic E-state index is 12.8. The van der Waals surface area contributed by atoms with Gasteiger partial charge < -0.3 is 9.47 Å². The number of fused-ring (bicyclic) bond motifs is 1. The molecule has 4 rings (SSSR count). The molecule has 0 saturated heterocycles. The Balaban J connectivity index is 1.63. The predicted octanol–water partition coefficient (Wildman–Crippen LogP) is 4.21. The molecule has 7 heteroatoms. The van der Waals surface area contributed by atoms with Crippen LogP contribution in [0.5, 0.6) is 11.5 Å². The van der Waals surface area contributed by atoms with E-state index in [9.17, 15) is 9.59 Å². The minimum atomic E-state index is -0.475. The van der Waals surface area contributed by atoms with Crippen molar-refractivity contribution in [2.45, 2.75) is 13.8 Å². The molecule has 0 aliphatic heterocycles. The van der Waals surface area contributed by atoms with Crippen LogP contribution in [0.2, 0.25) is 0 Å². The lowest BCUT2D eigenvalue weighted by Gasteiger charge is -2.11. The van der Waals surface area contributed by atoms with Gasteiger partial charge in [0.15, 0.2) is 11.5 Å². The van der Waals surface area contributed by atoms with Crippen molar-refractivity contribution in [3.8, 4) is 11.5 Å². The molecule has 0 amide bonds. The second-order valence-corrected chi connectivity index (χ2v) is 6.93. The Hall–Kier alpha value is -4.26. The number of benzene rings is 3. The minimum Gasteiger partial charge on any atom is -0.490 e. The Kier molecular flexibility index (Phi) is 6.07. The molecule has 1 aromatic heterocycles. The van der Waals surface area contributed by atoms with E-state index in [4.69, 9.17) is 9.47 Å². The van der Waals surface area contributed by atoms with Crippen molar-refractivity contribution in [3.05, 3.63) is 100 Å². The summed E-state index contributed by atoms with van der Waals surface area (Å²) >= 11 is 0. The Morgan fingerprint density at radius 1 is 1.03 bits per heavy atom. The van der Waals surface area contributed by atoms with Crippen LogP contribution in [0.25, 0.3) is 10.9 Å². The minimum absolute atomic E-state index is 0.247. The maximum Gasteiger partial charge on any atom is 0.343 e. The van der Waals surface area contributed by atoms with E-state index in [-0.39, 0.29) is 5.56 Å². The molecule has 4 aromatic rings. The number of aryl methyl sites for hydroxylation is 1. The van der Waals surface area contributed by atoms with Crippen LogP contribution in [0.15, 0.2) is 82.7 Å². The van der Waals surface area contributed by atoms with Crippen molar-refractivity contribution in [2.75, 3.05) is 6.61 Å². The smallest absolute Gasteiger partial charge is 0.343 e. The third-order valence-electron chi connectivity index (χ3n) is 4.72. The molecule has 0 aliphatic rings. The van der Waals surface area contributed by atoms with Gasteiger partial charge in [0, 0.05) is 0 Å². The van der Waals surface area contributed by atoms with Gasteiger partial charge in [0.1, 0.15) is 5.82 Å². The molecule has 0 unspecified atom stereocenters. The van der Waals surface area contributed by atoms with Crippen molar-refractivity contribution in [1.29, 1.82) is 0 Å². The summed E-state index contributed by atoms with van der Waals surface area (Å²) in [6, 6.07) is 20.9. The number of ether oxygens (including phenoxy) is 2. The quantitative estimate of drug-likeness (QED) is 0.262. The number of esters is 1. The fourth-order valence-electron chi connectivity index (χ4n) is 3.19. The van der Waals surface area contributed by atoms with E-state index in [0.717, 1.165) is 0 Å². The Labute approximate surface area is 184 Å². The zero-order valence-corrected chi connectivity index (χ0v) is 17.7. The number of aromatic nitrogens is 2. The van der Waals surface area contributed by atoms with Gasteiger partial charge >= 0.3 is 5.97 Å². The number of carbonyl (C=O) groups is 1. The molecule has 0 N–H and O–H groups in total. The van der Waals surface area contributed by atoms with E-state index < -0.39 is 5.97 Å². The summed E-state index contributed by atoms with van der Waals surface area (Å²) in [5.74, 6) is 0.709. The van der Waals surface area contributed by atoms with Crippen LogP contribution in [0, 0.1) is 6.92 Å². The fraction of sp³-hybridized carbons (Fsp3) is 0.120. The SMILES string of the molecule is CCOc1cc(C=Nn2c(C)nc3ccccc3c2=O)ccc1OC(=O)c1ccccc1. The average Bonchev–Trinajstić information content (AvgIpc) is 2.81. The number of rotatable bonds is 6. The van der Waals surface area contributed by atoms with Gasteiger partial charge in [-0.05, 0) is 61.9 Å². The van der Waals surface area contributed by atoms with Crippen LogP contribution in [0.4, 0.5) is 0 Å². The molecule has 0 fully saturated rings. The first-order chi connectivity index (χ1) is 15.6. The molecule has 0 saturated carbocycles. The van der Waals surface area contributed by atoms with Crippen LogP contribution in [-0.2, 0) is 0 Å². The highest BCUT2D eigenvalue weighted by Crippen LogP contribution is 2.29. The molecule has 0 bridgehead atoms. The largest absolute Gasteiger partial charge is 0.490 e. The summed E-state index contributed by atoms with van der Waals surface area (Å²) in [7, 11) is 0. The van der Waals surface area contributed by atoms with Gasteiger partial charge in [-0.3, -0.25) is 4.79 Å². The molecule has 7 nitrogen and oxygen atoms in total. The van der Waals surface area contributed by atoms with Crippen molar-refractivity contribution in [2.24, 2.45) is 5.10 Å². The first-order valence-corrected chi connectivity index (χ1v) is 10.1. The van der Waals surface area contributed by atoms with Crippen LogP contribution in [-0.4, -0.2) is 28.5 Å². The number of hydrogen-bond acceptors (Lipinski definition) is 6. The van der Waals surface area contributed by atoms with Crippen molar-refractivity contribution < 1.29 is 14.3 Å². The van der Waals surface area contributed by atoms with Crippen LogP contribution < -0.4 is 15.0 Å². The number of hydrogen-bond donors (Lipinski definition) is 0. The lowest BCUT2D eigenvalue weighted by Crippen LogP contribution is -2.20. The molecule has 0 spiro atoms. The van der Waals surface area contributed by atoms with E-state index in [1.165, 1.54) is 10.9 Å². The fourth-order valence-corrected chi connectivity index (χ4v) is 3.19. The summed E-state index contributed by atoms with van der Waals surface area (Å²) < 4.78 is 12.4. The highest BCUT2D eigenvalue weighted by atomic mass is 16.6. The van der Waals surface area contributed by atoms with Gasteiger partial charge in [-0.1, -0.05) is 30.3 Å². The summed E-state index contributed by atoms with van der Waals surface area (Å²) in [6.45, 7) is 3.96. The predicted molar refractivity (Wildman–Crippen MR) is 123 cm³/mol. The van der Waals surface area contributed by atoms with Crippen molar-refractivity contribution in [3.63, 3.8) is 0 Å². The number of carbonyl (C=O) groups excluding carboxylic acids is 1. The molecule has 3 aromatic carbocycles. The van der Waals surface area contributed by atoms with Crippen molar-refractivity contribution >= 4 is 23.1 Å². The highest BCUT2D eigenvalue weighted by Gasteiger charge is 2.13. The monoisotopic (exact) mass is 427 g/mol. The second kappa shape index (κ2) is 9.26. The first kappa shape index (κ1) is 21.0. The van der Waals surface area contributed by atoms with Crippen molar-refractivity contribution in [1.82, 2.24) is 9.66 Å². The Morgan fingerprint density at radius 2 is 1.78 bits per heavy atom. The molecule has 32 heavy (non-hydrogen) atoms. The van der Waals surface area contributed by atoms with Gasteiger partial charge in [0.25, 0.3) is 5.56 Å². The van der Waals surface area contributed by atoms with E-state index in [0.29, 0.717) is 46.0 Å². The lowest BCUT2D eigenvalue weighted by molar-refractivity contribution is 0.0728. The van der Waals surface area contributed by atoms with Gasteiger partial charge in [-0.15, -0.1) is 0 Å². The third kappa shape index (κ3) is 4.41. The van der Waals surface area contributed by atoms with Gasteiger partial charge in [-0.2, -0.15) is 9.78 Å². The van der Waals surface area contributed by atoms with E-state index >= 15 is 0 Å². The third-order valence-corrected chi connectivity index (χ3v) is 4.72. The maximum absolute atomic E-state index is 12.8. The summed E-state index contributed by atoms with van der Waals surface area (Å²) in [5, 5.41) is 4.81. The summed E-state index contributed by atoms with van der Waals surface area (Å²) in [4.78, 5) is 29.6. The number of para-hydroxylation sites is 1. The topological polar surface area (TPSA) is 82.8 Å². The van der Waals surface area contributed by atoms with E-state index in [1.54, 1.807) is 67.6 Å². The van der Waals surface area contributed by atoms with Gasteiger partial charge in [-0.25, -0.2) is 9.78 Å². The molecule has 0 radical (unpaired) electrons. The normalized spacial score (nSPS) is 11.1. The first-order valence-electron chi connectivity index (χ1n) is 10.1. The molecule has 1 heterocycles. The van der Waals surface area contributed by atoms with Gasteiger partial charge in [0.05, 0.1) is 29.3 Å². The zero-order chi connectivity index (χ0) is 22.5. The van der Waals surface area contributed by atoms with Crippen LogP contribution in [0.1, 0.15) is 28.7 Å². The molecular formula is C25H21N3O4. The van der Waals surface area contributed by atoms with E-state index in [2.05, 4.69) is 10.1 Å². The highest BCUT2D eigenvalue weighted by molar-refractivity contribution is 5.91. The van der Waals surface area contributed by atoms with Crippen LogP contribution >= 0.6 is 0 Å². The average molecular weight is 427 g/mol. The Bertz CT molecular complexity index is 1360. The molecular weight excluding hydrogens is 406 g/mol. The summed E-state index contributed by atoms with van der Waals surface area (Å²) in [6.07, 6.45) is 1.54. The van der Waals surface area contributed by atoms with Crippen LogP contribution in [0.3, 0.4) is 0 Å². The standard InChI is InChI=1S/C25H21N3O4/c1-3-31-23-15-18(13-14-22(23)32-25(30)19-9-5-4-6-10-19)16-26-28-17(2)27-21-12-8-7-11-20(21)24(28)29/h4-16H,3H2,1-2H3. The summed E-state index contributed by atoms with van der Waals surface area (Å²) in [5.41, 5.74) is 1.50. The zero-order valence-electron chi connectivity index (χ0n) is 17.7.